The van der Waals surface area contributed by atoms with Crippen molar-refractivity contribution in [3.05, 3.63) is 89.7 Å². The summed E-state index contributed by atoms with van der Waals surface area (Å²) in [5.74, 6) is -1.32. The molecule has 1 aromatic heterocycles. The fraction of sp³-hybridized carbons (Fsp3) is 0.231. The van der Waals surface area contributed by atoms with E-state index in [1.165, 1.54) is 36.7 Å². The van der Waals surface area contributed by atoms with E-state index in [0.717, 1.165) is 17.3 Å². The second-order valence-corrected chi connectivity index (χ2v) is 9.37. The molecule has 3 aromatic rings. The highest BCUT2D eigenvalue weighted by atomic mass is 32.2. The van der Waals surface area contributed by atoms with Crippen molar-refractivity contribution in [3.8, 4) is 11.5 Å². The topological polar surface area (TPSA) is 104 Å². The van der Waals surface area contributed by atoms with Crippen molar-refractivity contribution in [2.75, 3.05) is 13.2 Å². The van der Waals surface area contributed by atoms with Crippen LogP contribution in [0.1, 0.15) is 27.4 Å². The van der Waals surface area contributed by atoms with Gasteiger partial charge in [0.05, 0.1) is 23.3 Å². The normalized spacial score (nSPS) is 16.0. The Labute approximate surface area is 219 Å². The van der Waals surface area contributed by atoms with Gasteiger partial charge in [-0.05, 0) is 53.9 Å². The fourth-order valence-electron chi connectivity index (χ4n) is 3.59. The first-order valence-electron chi connectivity index (χ1n) is 11.3. The van der Waals surface area contributed by atoms with E-state index in [4.69, 9.17) is 9.47 Å². The minimum Gasteiger partial charge on any atom is -0.493 e. The van der Waals surface area contributed by atoms with E-state index in [1.54, 1.807) is 36.4 Å². The maximum Gasteiger partial charge on any atom is 0.573 e. The van der Waals surface area contributed by atoms with Gasteiger partial charge in [0.15, 0.2) is 0 Å². The molecule has 1 saturated heterocycles. The van der Waals surface area contributed by atoms with Crippen LogP contribution in [0.3, 0.4) is 0 Å². The lowest BCUT2D eigenvalue weighted by Gasteiger charge is -2.19. The van der Waals surface area contributed by atoms with E-state index < -0.39 is 23.5 Å². The highest BCUT2D eigenvalue weighted by molar-refractivity contribution is 8.15. The van der Waals surface area contributed by atoms with Gasteiger partial charge in [-0.2, -0.15) is 0 Å². The van der Waals surface area contributed by atoms with E-state index in [2.05, 4.69) is 15.0 Å². The molecule has 0 saturated carbocycles. The third-order valence-corrected chi connectivity index (χ3v) is 6.44. The summed E-state index contributed by atoms with van der Waals surface area (Å²) in [5.41, 5.74) is 1.67. The van der Waals surface area contributed by atoms with Crippen LogP contribution in [0.4, 0.5) is 18.0 Å². The molecule has 1 aliphatic heterocycles. The summed E-state index contributed by atoms with van der Waals surface area (Å²) >= 11 is 0.947. The van der Waals surface area contributed by atoms with Gasteiger partial charge in [-0.1, -0.05) is 36.0 Å². The summed E-state index contributed by atoms with van der Waals surface area (Å²) in [7, 11) is 0. The molecule has 198 valence electrons. The highest BCUT2D eigenvalue weighted by Gasteiger charge is 2.32. The van der Waals surface area contributed by atoms with E-state index in [9.17, 15) is 27.6 Å². The smallest absolute Gasteiger partial charge is 0.493 e. The van der Waals surface area contributed by atoms with Crippen LogP contribution in [0.25, 0.3) is 0 Å². The van der Waals surface area contributed by atoms with Crippen LogP contribution in [-0.2, 0) is 16.0 Å². The van der Waals surface area contributed by atoms with Crippen molar-refractivity contribution < 1.29 is 41.8 Å². The van der Waals surface area contributed by atoms with Gasteiger partial charge in [0.1, 0.15) is 18.1 Å². The molecule has 1 aliphatic rings. The Morgan fingerprint density at radius 3 is 2.32 bits per heavy atom. The molecule has 0 bridgehead atoms. The highest BCUT2D eigenvalue weighted by Crippen LogP contribution is 2.27. The molecule has 0 spiro atoms. The first-order chi connectivity index (χ1) is 18.2. The first kappa shape index (κ1) is 27.0. The second kappa shape index (κ2) is 12.0. The summed E-state index contributed by atoms with van der Waals surface area (Å²) in [6, 6.07) is 15.3. The molecule has 38 heavy (non-hydrogen) atoms. The molecule has 1 N–H and O–H groups in total. The number of halogens is 3. The zero-order valence-corrected chi connectivity index (χ0v) is 20.5. The number of ether oxygens (including phenoxy) is 3. The van der Waals surface area contributed by atoms with Crippen LogP contribution < -0.4 is 14.8 Å². The summed E-state index contributed by atoms with van der Waals surface area (Å²) in [6.45, 7) is -0.0537. The molecule has 2 heterocycles. The van der Waals surface area contributed by atoms with E-state index in [1.807, 2.05) is 0 Å². The molecule has 2 aromatic carbocycles. The van der Waals surface area contributed by atoms with Crippen molar-refractivity contribution in [1.29, 1.82) is 0 Å². The number of hydrogen-bond acceptors (Lipinski definition) is 8. The maximum atomic E-state index is 12.5. The number of alkyl halides is 3. The lowest BCUT2D eigenvalue weighted by atomic mass is 10.0. The Bertz CT molecular complexity index is 1270. The van der Waals surface area contributed by atoms with Gasteiger partial charge in [0.2, 0.25) is 5.91 Å². The number of nitrogens with zero attached hydrogens (tertiary/aromatic N) is 1. The molecule has 8 nitrogen and oxygen atoms in total. The number of nitrogens with one attached hydrogen (secondary N) is 1. The number of esters is 1. The number of thioether (sulfide) groups is 1. The fourth-order valence-corrected chi connectivity index (χ4v) is 4.45. The van der Waals surface area contributed by atoms with Crippen molar-refractivity contribution in [3.63, 3.8) is 0 Å². The molecule has 12 heteroatoms. The van der Waals surface area contributed by atoms with Crippen molar-refractivity contribution >= 4 is 28.9 Å². The summed E-state index contributed by atoms with van der Waals surface area (Å²) in [6.07, 6.45) is -1.56. The number of benzene rings is 2. The third kappa shape index (κ3) is 7.72. The van der Waals surface area contributed by atoms with Crippen molar-refractivity contribution in [2.24, 2.45) is 0 Å². The minimum atomic E-state index is -4.81. The van der Waals surface area contributed by atoms with Gasteiger partial charge >= 0.3 is 12.3 Å². The van der Waals surface area contributed by atoms with Crippen LogP contribution in [0.15, 0.2) is 73.1 Å². The number of hydrogen-bond donors (Lipinski definition) is 1. The van der Waals surface area contributed by atoms with Crippen LogP contribution in [0.2, 0.25) is 0 Å². The largest absolute Gasteiger partial charge is 0.573 e. The quantitative estimate of drug-likeness (QED) is 0.359. The van der Waals surface area contributed by atoms with Crippen LogP contribution in [0, 0.1) is 0 Å². The molecule has 2 atom stereocenters. The maximum absolute atomic E-state index is 12.5. The zero-order chi connectivity index (χ0) is 27.1. The van der Waals surface area contributed by atoms with E-state index in [-0.39, 0.29) is 35.7 Å². The minimum absolute atomic E-state index is 0.0501. The van der Waals surface area contributed by atoms with Crippen LogP contribution in [0.5, 0.6) is 11.5 Å². The molecule has 0 radical (unpaired) electrons. The number of rotatable bonds is 10. The predicted octanol–water partition coefficient (Wildman–Crippen LogP) is 4.89. The Hall–Kier alpha value is -4.06. The second-order valence-electron chi connectivity index (χ2n) is 8.20. The number of carbonyl (C=O) groups excluding carboxylic acids is 3. The Morgan fingerprint density at radius 1 is 1.00 bits per heavy atom. The number of aromatic nitrogens is 1. The molecule has 4 rings (SSSR count). The number of imide groups is 1. The van der Waals surface area contributed by atoms with Gasteiger partial charge in [-0.15, -0.1) is 13.2 Å². The van der Waals surface area contributed by atoms with Crippen molar-refractivity contribution in [2.45, 2.75) is 24.0 Å². The molecular formula is C26H21F3N2O6S. The van der Waals surface area contributed by atoms with Gasteiger partial charge in [0, 0.05) is 12.4 Å². The average Bonchev–Trinajstić information content (AvgIpc) is 3.21. The van der Waals surface area contributed by atoms with Gasteiger partial charge in [-0.25, -0.2) is 4.79 Å². The van der Waals surface area contributed by atoms with Crippen LogP contribution in [-0.4, -0.2) is 46.9 Å². The Morgan fingerprint density at radius 2 is 1.71 bits per heavy atom. The summed E-state index contributed by atoms with van der Waals surface area (Å²) < 4.78 is 52.8. The zero-order valence-electron chi connectivity index (χ0n) is 19.6. The van der Waals surface area contributed by atoms with Crippen molar-refractivity contribution in [1.82, 2.24) is 10.3 Å². The first-order valence-corrected chi connectivity index (χ1v) is 12.2. The predicted molar refractivity (Wildman–Crippen MR) is 131 cm³/mol. The van der Waals surface area contributed by atoms with Gasteiger partial charge in [-0.3, -0.25) is 19.9 Å². The monoisotopic (exact) mass is 546 g/mol. The Kier molecular flexibility index (Phi) is 8.52. The third-order valence-electron chi connectivity index (χ3n) is 5.46. The lowest BCUT2D eigenvalue weighted by molar-refractivity contribution is -0.274. The average molecular weight is 547 g/mol. The molecule has 2 unspecified atom stereocenters. The molecule has 2 amide bonds. The molecule has 1 fully saturated rings. The van der Waals surface area contributed by atoms with E-state index in [0.29, 0.717) is 17.7 Å². The van der Waals surface area contributed by atoms with Gasteiger partial charge < -0.3 is 14.2 Å². The standard InChI is InChI=1S/C26H21F3N2O6S/c27-26(28,29)37-21-9-5-17(6-10-21)19(15-36-24(33)18-2-1-11-30-13-18)14-35-20-7-3-16(4-8-20)12-22-23(32)31-25(34)38-22/h1-11,13,19,22H,12,14-15H2,(H,31,32,34). The van der Waals surface area contributed by atoms with Crippen LogP contribution >= 0.6 is 11.8 Å². The number of pyridine rings is 1. The number of carbonyl (C=O) groups is 3. The molecular weight excluding hydrogens is 525 g/mol. The number of amides is 2. The van der Waals surface area contributed by atoms with Gasteiger partial charge in [0.25, 0.3) is 5.24 Å². The van der Waals surface area contributed by atoms with E-state index >= 15 is 0 Å². The SMILES string of the molecule is O=C1NC(=O)C(Cc2ccc(OCC(COC(=O)c3cccnc3)c3ccc(OC(F)(F)F)cc3)cc2)S1. The summed E-state index contributed by atoms with van der Waals surface area (Å²) in [5, 5.41) is 1.39. The lowest BCUT2D eigenvalue weighted by Crippen LogP contribution is -2.25. The summed E-state index contributed by atoms with van der Waals surface area (Å²) in [4.78, 5) is 39.4. The Balaban J connectivity index is 1.41. The molecule has 0 aliphatic carbocycles.